The molecule has 0 atom stereocenters. The van der Waals surface area contributed by atoms with Gasteiger partial charge in [-0.25, -0.2) is 4.68 Å². The molecule has 2 aromatic rings. The molecule has 0 unspecified atom stereocenters. The molecule has 2 heterocycles. The summed E-state index contributed by atoms with van der Waals surface area (Å²) in [6.45, 7) is 3.39. The average molecular weight is 269 g/mol. The van der Waals surface area contributed by atoms with Gasteiger partial charge in [0.1, 0.15) is 0 Å². The maximum atomic E-state index is 5.49. The Morgan fingerprint density at radius 3 is 2.94 bits per heavy atom. The van der Waals surface area contributed by atoms with Gasteiger partial charge >= 0.3 is 0 Å². The Morgan fingerprint density at radius 2 is 2.24 bits per heavy atom. The van der Waals surface area contributed by atoms with Crippen LogP contribution in [0, 0.1) is 0 Å². The minimum atomic E-state index is 0.553. The summed E-state index contributed by atoms with van der Waals surface area (Å²) in [6, 6.07) is 4.36. The van der Waals surface area contributed by atoms with E-state index >= 15 is 0 Å². The second kappa shape index (κ2) is 6.13. The molecule has 0 radical (unpaired) electrons. The standard InChI is InChI=1S/C10H15N5S2/c1-2-8-3-4-9(17-8)7-16-10-12-13-14-15(10)6-5-11/h3-4H,2,5-7,11H2,1H3. The fourth-order valence-corrected chi connectivity index (χ4v) is 3.29. The van der Waals surface area contributed by atoms with Crippen LogP contribution in [0.25, 0.3) is 0 Å². The number of aryl methyl sites for hydroxylation is 1. The van der Waals surface area contributed by atoms with E-state index in [0.29, 0.717) is 13.1 Å². The molecule has 17 heavy (non-hydrogen) atoms. The molecule has 0 fully saturated rings. The molecule has 2 N–H and O–H groups in total. The maximum absolute atomic E-state index is 5.49. The summed E-state index contributed by atoms with van der Waals surface area (Å²) in [4.78, 5) is 2.77. The SMILES string of the molecule is CCc1ccc(CSc2nnnn2CCN)s1. The van der Waals surface area contributed by atoms with Crippen LogP contribution in [0.4, 0.5) is 0 Å². The van der Waals surface area contributed by atoms with Crippen LogP contribution in [0.2, 0.25) is 0 Å². The minimum absolute atomic E-state index is 0.553. The zero-order chi connectivity index (χ0) is 12.1. The van der Waals surface area contributed by atoms with Crippen LogP contribution in [0.3, 0.4) is 0 Å². The summed E-state index contributed by atoms with van der Waals surface area (Å²) in [5, 5.41) is 12.4. The molecule has 0 aliphatic heterocycles. The van der Waals surface area contributed by atoms with Crippen LogP contribution in [0.1, 0.15) is 16.7 Å². The number of tetrazole rings is 1. The van der Waals surface area contributed by atoms with Crippen LogP contribution < -0.4 is 5.73 Å². The van der Waals surface area contributed by atoms with Gasteiger partial charge in [-0.05, 0) is 29.0 Å². The van der Waals surface area contributed by atoms with Gasteiger partial charge < -0.3 is 5.73 Å². The van der Waals surface area contributed by atoms with E-state index in [1.54, 1.807) is 16.4 Å². The zero-order valence-electron chi connectivity index (χ0n) is 9.67. The first-order valence-corrected chi connectivity index (χ1v) is 7.30. The molecule has 0 aliphatic rings. The highest BCUT2D eigenvalue weighted by molar-refractivity contribution is 7.98. The molecular formula is C10H15N5S2. The number of thioether (sulfide) groups is 1. The van der Waals surface area contributed by atoms with Crippen molar-refractivity contribution in [3.63, 3.8) is 0 Å². The van der Waals surface area contributed by atoms with Crippen molar-refractivity contribution in [3.05, 3.63) is 21.9 Å². The molecule has 0 aromatic carbocycles. The van der Waals surface area contributed by atoms with Gasteiger partial charge in [0.15, 0.2) is 0 Å². The predicted octanol–water partition coefficient (Wildman–Crippen LogP) is 1.55. The summed E-state index contributed by atoms with van der Waals surface area (Å²) < 4.78 is 1.75. The molecule has 0 amide bonds. The molecule has 0 saturated heterocycles. The van der Waals surface area contributed by atoms with Crippen LogP contribution in [-0.4, -0.2) is 26.8 Å². The molecule has 2 aromatic heterocycles. The van der Waals surface area contributed by atoms with Crippen molar-refractivity contribution in [2.75, 3.05) is 6.54 Å². The Kier molecular flexibility index (Phi) is 4.52. The van der Waals surface area contributed by atoms with Crippen LogP contribution in [-0.2, 0) is 18.7 Å². The lowest BCUT2D eigenvalue weighted by Crippen LogP contribution is -2.12. The number of thiophene rings is 1. The van der Waals surface area contributed by atoms with E-state index < -0.39 is 0 Å². The average Bonchev–Trinajstić information content (AvgIpc) is 2.95. The molecule has 92 valence electrons. The number of hydrogen-bond donors (Lipinski definition) is 1. The van der Waals surface area contributed by atoms with Gasteiger partial charge in [-0.3, -0.25) is 0 Å². The third-order valence-corrected chi connectivity index (χ3v) is 4.67. The third kappa shape index (κ3) is 3.27. The third-order valence-electron chi connectivity index (χ3n) is 2.25. The van der Waals surface area contributed by atoms with Crippen molar-refractivity contribution < 1.29 is 0 Å². The number of hydrogen-bond acceptors (Lipinski definition) is 6. The maximum Gasteiger partial charge on any atom is 0.209 e. The largest absolute Gasteiger partial charge is 0.329 e. The zero-order valence-corrected chi connectivity index (χ0v) is 11.3. The van der Waals surface area contributed by atoms with E-state index in [2.05, 4.69) is 34.6 Å². The first-order chi connectivity index (χ1) is 8.33. The van der Waals surface area contributed by atoms with Crippen molar-refractivity contribution >= 4 is 23.1 Å². The smallest absolute Gasteiger partial charge is 0.209 e. The topological polar surface area (TPSA) is 69.6 Å². The fourth-order valence-electron chi connectivity index (χ4n) is 1.39. The van der Waals surface area contributed by atoms with Gasteiger partial charge in [-0.2, -0.15) is 0 Å². The van der Waals surface area contributed by atoms with Gasteiger partial charge in [-0.1, -0.05) is 18.7 Å². The van der Waals surface area contributed by atoms with E-state index in [9.17, 15) is 0 Å². The van der Waals surface area contributed by atoms with Gasteiger partial charge in [0.25, 0.3) is 0 Å². The Balaban J connectivity index is 1.94. The number of aromatic nitrogens is 4. The minimum Gasteiger partial charge on any atom is -0.329 e. The van der Waals surface area contributed by atoms with Gasteiger partial charge in [-0.15, -0.1) is 16.4 Å². The molecule has 7 heteroatoms. The molecule has 0 bridgehead atoms. The monoisotopic (exact) mass is 269 g/mol. The summed E-state index contributed by atoms with van der Waals surface area (Å²) in [6.07, 6.45) is 1.10. The second-order valence-corrected chi connectivity index (χ2v) is 5.68. The van der Waals surface area contributed by atoms with E-state index in [0.717, 1.165) is 17.3 Å². The Morgan fingerprint density at radius 1 is 1.41 bits per heavy atom. The number of nitrogens with two attached hydrogens (primary N) is 1. The molecule has 0 saturated carbocycles. The number of rotatable bonds is 6. The van der Waals surface area contributed by atoms with Gasteiger partial charge in [0.05, 0.1) is 6.54 Å². The summed E-state index contributed by atoms with van der Waals surface area (Å²) in [7, 11) is 0. The highest BCUT2D eigenvalue weighted by atomic mass is 32.2. The van der Waals surface area contributed by atoms with Crippen molar-refractivity contribution in [1.82, 2.24) is 20.2 Å². The summed E-state index contributed by atoms with van der Waals surface area (Å²) in [5.41, 5.74) is 5.49. The van der Waals surface area contributed by atoms with Gasteiger partial charge in [0.2, 0.25) is 5.16 Å². The van der Waals surface area contributed by atoms with E-state index in [-0.39, 0.29) is 0 Å². The van der Waals surface area contributed by atoms with E-state index in [4.69, 9.17) is 5.73 Å². The Hall–Kier alpha value is -0.920. The van der Waals surface area contributed by atoms with E-state index in [1.165, 1.54) is 9.75 Å². The quantitative estimate of drug-likeness (QED) is 0.806. The fraction of sp³-hybridized carbons (Fsp3) is 0.500. The van der Waals surface area contributed by atoms with Crippen LogP contribution >= 0.6 is 23.1 Å². The molecule has 0 aliphatic carbocycles. The highest BCUT2D eigenvalue weighted by Gasteiger charge is 2.07. The normalized spacial score (nSPS) is 10.9. The van der Waals surface area contributed by atoms with Crippen molar-refractivity contribution in [2.24, 2.45) is 5.73 Å². The molecule has 5 nitrogen and oxygen atoms in total. The predicted molar refractivity (Wildman–Crippen MR) is 70.1 cm³/mol. The first kappa shape index (κ1) is 12.5. The lowest BCUT2D eigenvalue weighted by molar-refractivity contribution is 0.557. The summed E-state index contributed by atoms with van der Waals surface area (Å²) >= 11 is 3.50. The van der Waals surface area contributed by atoms with Gasteiger partial charge in [0, 0.05) is 22.1 Å². The Labute approximate surface area is 108 Å². The summed E-state index contributed by atoms with van der Waals surface area (Å²) in [5.74, 6) is 0.912. The van der Waals surface area contributed by atoms with Crippen molar-refractivity contribution in [1.29, 1.82) is 0 Å². The van der Waals surface area contributed by atoms with Crippen LogP contribution in [0.15, 0.2) is 17.3 Å². The molecular weight excluding hydrogens is 254 g/mol. The molecule has 0 spiro atoms. The number of nitrogens with zero attached hydrogens (tertiary/aromatic N) is 4. The highest BCUT2D eigenvalue weighted by Crippen LogP contribution is 2.25. The molecule has 2 rings (SSSR count). The lowest BCUT2D eigenvalue weighted by atomic mass is 10.4. The lowest BCUT2D eigenvalue weighted by Gasteiger charge is -2.00. The Bertz CT molecular complexity index is 465. The van der Waals surface area contributed by atoms with Crippen molar-refractivity contribution in [3.8, 4) is 0 Å². The van der Waals surface area contributed by atoms with Crippen LogP contribution in [0.5, 0.6) is 0 Å². The second-order valence-electron chi connectivity index (χ2n) is 3.48. The van der Waals surface area contributed by atoms with E-state index in [1.807, 2.05) is 11.3 Å². The van der Waals surface area contributed by atoms with Crippen molar-refractivity contribution in [2.45, 2.75) is 30.8 Å². The first-order valence-electron chi connectivity index (χ1n) is 5.50.